The molecule has 0 aliphatic heterocycles. The standard InChI is InChI=1S/C14H11ClFNO/c15-9-10-1-7-13(8-2-10)17-14(18)11-3-5-12(16)6-4-11/h1-8H,9H2,(H,17,18). The summed E-state index contributed by atoms with van der Waals surface area (Å²) in [6, 6.07) is 12.6. The average Bonchev–Trinajstić information content (AvgIpc) is 2.40. The molecule has 0 radical (unpaired) electrons. The molecule has 2 nitrogen and oxygen atoms in total. The molecule has 18 heavy (non-hydrogen) atoms. The topological polar surface area (TPSA) is 29.1 Å². The number of carbonyl (C=O) groups is 1. The van der Waals surface area contributed by atoms with Gasteiger partial charge in [-0.2, -0.15) is 0 Å². The van der Waals surface area contributed by atoms with Gasteiger partial charge in [0.05, 0.1) is 0 Å². The van der Waals surface area contributed by atoms with Crippen molar-refractivity contribution in [1.82, 2.24) is 0 Å². The van der Waals surface area contributed by atoms with Crippen LogP contribution < -0.4 is 5.32 Å². The molecule has 0 saturated carbocycles. The highest BCUT2D eigenvalue weighted by Crippen LogP contribution is 2.13. The third-order valence-electron chi connectivity index (χ3n) is 2.47. The van der Waals surface area contributed by atoms with E-state index in [1.54, 1.807) is 12.1 Å². The zero-order valence-electron chi connectivity index (χ0n) is 9.49. The van der Waals surface area contributed by atoms with Gasteiger partial charge in [0.1, 0.15) is 5.82 Å². The van der Waals surface area contributed by atoms with Crippen molar-refractivity contribution in [2.24, 2.45) is 0 Å². The first-order valence-electron chi connectivity index (χ1n) is 5.41. The van der Waals surface area contributed by atoms with Crippen LogP contribution in [0.2, 0.25) is 0 Å². The van der Waals surface area contributed by atoms with Crippen LogP contribution in [0.5, 0.6) is 0 Å². The van der Waals surface area contributed by atoms with Crippen LogP contribution in [0.1, 0.15) is 15.9 Å². The predicted molar refractivity (Wildman–Crippen MR) is 70.4 cm³/mol. The molecule has 0 spiro atoms. The third-order valence-corrected chi connectivity index (χ3v) is 2.78. The van der Waals surface area contributed by atoms with Crippen molar-refractivity contribution in [2.45, 2.75) is 5.88 Å². The predicted octanol–water partition coefficient (Wildman–Crippen LogP) is 3.82. The summed E-state index contributed by atoms with van der Waals surface area (Å²) in [5.74, 6) is -0.196. The molecule has 0 heterocycles. The number of benzene rings is 2. The van der Waals surface area contributed by atoms with E-state index in [4.69, 9.17) is 11.6 Å². The Labute approximate surface area is 109 Å². The minimum absolute atomic E-state index is 0.270. The molecule has 0 unspecified atom stereocenters. The van der Waals surface area contributed by atoms with E-state index in [0.29, 0.717) is 17.1 Å². The van der Waals surface area contributed by atoms with Crippen LogP contribution in [-0.4, -0.2) is 5.91 Å². The summed E-state index contributed by atoms with van der Waals surface area (Å²) in [4.78, 5) is 11.8. The third kappa shape index (κ3) is 3.08. The number of carbonyl (C=O) groups excluding carboxylic acids is 1. The number of amides is 1. The van der Waals surface area contributed by atoms with E-state index in [9.17, 15) is 9.18 Å². The average molecular weight is 264 g/mol. The largest absolute Gasteiger partial charge is 0.322 e. The van der Waals surface area contributed by atoms with E-state index in [1.807, 2.05) is 12.1 Å². The molecule has 0 bridgehead atoms. The number of nitrogens with one attached hydrogen (secondary N) is 1. The van der Waals surface area contributed by atoms with Gasteiger partial charge >= 0.3 is 0 Å². The van der Waals surface area contributed by atoms with Gasteiger partial charge in [-0.1, -0.05) is 12.1 Å². The molecular weight excluding hydrogens is 253 g/mol. The molecule has 0 atom stereocenters. The second-order valence-corrected chi connectivity index (χ2v) is 4.06. The molecule has 0 aliphatic carbocycles. The number of alkyl halides is 1. The summed E-state index contributed by atoms with van der Waals surface area (Å²) in [5.41, 5.74) is 2.08. The first-order valence-corrected chi connectivity index (χ1v) is 5.94. The minimum Gasteiger partial charge on any atom is -0.322 e. The van der Waals surface area contributed by atoms with Gasteiger partial charge in [0.15, 0.2) is 0 Å². The summed E-state index contributed by atoms with van der Waals surface area (Å²) < 4.78 is 12.7. The molecule has 2 rings (SSSR count). The van der Waals surface area contributed by atoms with Gasteiger partial charge in [0, 0.05) is 17.1 Å². The fraction of sp³-hybridized carbons (Fsp3) is 0.0714. The molecule has 0 saturated heterocycles. The molecule has 0 aliphatic rings. The van der Waals surface area contributed by atoms with Gasteiger partial charge in [0.25, 0.3) is 5.91 Å². The van der Waals surface area contributed by atoms with Crippen molar-refractivity contribution in [3.05, 3.63) is 65.5 Å². The summed E-state index contributed by atoms with van der Waals surface area (Å²) in [7, 11) is 0. The number of hydrogen-bond acceptors (Lipinski definition) is 1. The first-order chi connectivity index (χ1) is 8.69. The van der Waals surface area contributed by atoms with Crippen molar-refractivity contribution in [1.29, 1.82) is 0 Å². The highest BCUT2D eigenvalue weighted by atomic mass is 35.5. The smallest absolute Gasteiger partial charge is 0.255 e. The summed E-state index contributed by atoms with van der Waals surface area (Å²) in [6.07, 6.45) is 0. The van der Waals surface area contributed by atoms with Crippen LogP contribution in [-0.2, 0) is 5.88 Å². The van der Waals surface area contributed by atoms with Crippen LogP contribution >= 0.6 is 11.6 Å². The van der Waals surface area contributed by atoms with E-state index < -0.39 is 0 Å². The Hall–Kier alpha value is -1.87. The Kier molecular flexibility index (Phi) is 3.95. The van der Waals surface area contributed by atoms with E-state index >= 15 is 0 Å². The second-order valence-electron chi connectivity index (χ2n) is 3.79. The maximum absolute atomic E-state index is 12.7. The molecule has 92 valence electrons. The molecule has 0 fully saturated rings. The highest BCUT2D eigenvalue weighted by Gasteiger charge is 2.05. The molecule has 0 aromatic heterocycles. The van der Waals surface area contributed by atoms with Gasteiger partial charge in [0.2, 0.25) is 0 Å². The number of rotatable bonds is 3. The summed E-state index contributed by atoms with van der Waals surface area (Å²) in [5, 5.41) is 2.72. The molecule has 2 aromatic rings. The van der Waals surface area contributed by atoms with Crippen LogP contribution in [0.3, 0.4) is 0 Å². The molecule has 2 aromatic carbocycles. The van der Waals surface area contributed by atoms with E-state index in [0.717, 1.165) is 5.56 Å². The Morgan fingerprint density at radius 3 is 2.22 bits per heavy atom. The van der Waals surface area contributed by atoms with Crippen molar-refractivity contribution in [2.75, 3.05) is 5.32 Å². The fourth-order valence-electron chi connectivity index (χ4n) is 1.48. The quantitative estimate of drug-likeness (QED) is 0.838. The lowest BCUT2D eigenvalue weighted by Crippen LogP contribution is -2.11. The maximum Gasteiger partial charge on any atom is 0.255 e. The van der Waals surface area contributed by atoms with E-state index in [2.05, 4.69) is 5.32 Å². The van der Waals surface area contributed by atoms with Crippen LogP contribution in [0.4, 0.5) is 10.1 Å². The lowest BCUT2D eigenvalue weighted by atomic mass is 10.2. The Morgan fingerprint density at radius 1 is 1.06 bits per heavy atom. The molecule has 1 N–H and O–H groups in total. The Balaban J connectivity index is 2.08. The van der Waals surface area contributed by atoms with Crippen molar-refractivity contribution < 1.29 is 9.18 Å². The summed E-state index contributed by atoms with van der Waals surface area (Å²) in [6.45, 7) is 0. The van der Waals surface area contributed by atoms with Gasteiger partial charge in [-0.3, -0.25) is 4.79 Å². The lowest BCUT2D eigenvalue weighted by Gasteiger charge is -2.05. The molecule has 1 amide bonds. The number of halogens is 2. The van der Waals surface area contributed by atoms with Gasteiger partial charge < -0.3 is 5.32 Å². The van der Waals surface area contributed by atoms with E-state index in [-0.39, 0.29) is 11.7 Å². The van der Waals surface area contributed by atoms with Crippen LogP contribution in [0, 0.1) is 5.82 Å². The Morgan fingerprint density at radius 2 is 1.67 bits per heavy atom. The maximum atomic E-state index is 12.7. The van der Waals surface area contributed by atoms with Crippen molar-refractivity contribution in [3.8, 4) is 0 Å². The Bertz CT molecular complexity index is 537. The van der Waals surface area contributed by atoms with Crippen molar-refractivity contribution >= 4 is 23.2 Å². The zero-order chi connectivity index (χ0) is 13.0. The SMILES string of the molecule is O=C(Nc1ccc(CCl)cc1)c1ccc(F)cc1. The second kappa shape index (κ2) is 5.65. The van der Waals surface area contributed by atoms with Gasteiger partial charge in [-0.15, -0.1) is 11.6 Å². The van der Waals surface area contributed by atoms with Crippen LogP contribution in [0.15, 0.2) is 48.5 Å². The number of hydrogen-bond donors (Lipinski definition) is 1. The van der Waals surface area contributed by atoms with E-state index in [1.165, 1.54) is 24.3 Å². The van der Waals surface area contributed by atoms with Crippen LogP contribution in [0.25, 0.3) is 0 Å². The van der Waals surface area contributed by atoms with Gasteiger partial charge in [-0.05, 0) is 42.0 Å². The normalized spacial score (nSPS) is 10.1. The minimum atomic E-state index is -0.363. The summed E-state index contributed by atoms with van der Waals surface area (Å²) >= 11 is 5.67. The molecular formula is C14H11ClFNO. The van der Waals surface area contributed by atoms with Crippen molar-refractivity contribution in [3.63, 3.8) is 0 Å². The highest BCUT2D eigenvalue weighted by molar-refractivity contribution is 6.17. The zero-order valence-corrected chi connectivity index (χ0v) is 10.2. The number of anilines is 1. The van der Waals surface area contributed by atoms with Gasteiger partial charge in [-0.25, -0.2) is 4.39 Å². The fourth-order valence-corrected chi connectivity index (χ4v) is 1.66. The molecule has 4 heteroatoms. The monoisotopic (exact) mass is 263 g/mol. The first kappa shape index (κ1) is 12.6. The lowest BCUT2D eigenvalue weighted by molar-refractivity contribution is 0.102.